The van der Waals surface area contributed by atoms with E-state index in [0.717, 1.165) is 12.1 Å². The molecule has 0 saturated heterocycles. The number of carbonyl (C=O) groups is 1. The van der Waals surface area contributed by atoms with E-state index in [0.29, 0.717) is 5.76 Å². The van der Waals surface area contributed by atoms with Gasteiger partial charge in [0.25, 0.3) is 5.91 Å². The lowest BCUT2D eigenvalue weighted by molar-refractivity contribution is 0.0902. The molecule has 1 unspecified atom stereocenters. The first-order valence-corrected chi connectivity index (χ1v) is 7.07. The van der Waals surface area contributed by atoms with Crippen LogP contribution in [0.3, 0.4) is 0 Å². The van der Waals surface area contributed by atoms with E-state index in [-0.39, 0.29) is 17.7 Å². The van der Waals surface area contributed by atoms with E-state index in [4.69, 9.17) is 4.52 Å². The molecule has 0 radical (unpaired) electrons. The lowest BCUT2D eigenvalue weighted by Gasteiger charge is -2.13. The predicted octanol–water partition coefficient (Wildman–Crippen LogP) is 2.71. The number of aromatic nitrogens is 1. The largest absolute Gasteiger partial charge is 0.386 e. The Labute approximate surface area is 132 Å². The van der Waals surface area contributed by atoms with E-state index in [1.54, 1.807) is 0 Å². The van der Waals surface area contributed by atoms with Crippen molar-refractivity contribution in [2.45, 2.75) is 32.3 Å². The third-order valence-corrected chi connectivity index (χ3v) is 3.27. The van der Waals surface area contributed by atoms with Crippen molar-refractivity contribution in [3.8, 4) is 0 Å². The Bertz CT molecular complexity index is 687. The Morgan fingerprint density at radius 3 is 2.48 bits per heavy atom. The van der Waals surface area contributed by atoms with Gasteiger partial charge in [0.1, 0.15) is 23.5 Å². The summed E-state index contributed by atoms with van der Waals surface area (Å²) in [6, 6.07) is 4.77. The van der Waals surface area contributed by atoms with Gasteiger partial charge in [0.15, 0.2) is 5.69 Å². The smallest absolute Gasteiger partial charge is 0.273 e. The molecular formula is C16H18F2N2O3. The van der Waals surface area contributed by atoms with Crippen LogP contribution >= 0.6 is 0 Å². The van der Waals surface area contributed by atoms with Crippen molar-refractivity contribution in [1.82, 2.24) is 10.5 Å². The number of rotatable bonds is 4. The lowest BCUT2D eigenvalue weighted by Crippen LogP contribution is -2.29. The summed E-state index contributed by atoms with van der Waals surface area (Å²) in [5, 5.41) is 15.9. The molecule has 1 atom stereocenters. The van der Waals surface area contributed by atoms with Gasteiger partial charge in [-0.1, -0.05) is 32.0 Å². The molecule has 1 aromatic heterocycles. The lowest BCUT2D eigenvalue weighted by atomic mass is 9.93. The SMILES string of the molecule is CC(C)(C)c1cc(C(=O)NCC(O)c2c(F)cccc2F)no1. The Balaban J connectivity index is 2.03. The van der Waals surface area contributed by atoms with Crippen molar-refractivity contribution in [1.29, 1.82) is 0 Å². The summed E-state index contributed by atoms with van der Waals surface area (Å²) >= 11 is 0. The van der Waals surface area contributed by atoms with Gasteiger partial charge < -0.3 is 14.9 Å². The zero-order chi connectivity index (χ0) is 17.2. The predicted molar refractivity (Wildman–Crippen MR) is 78.9 cm³/mol. The number of halogens is 2. The Morgan fingerprint density at radius 1 is 1.35 bits per heavy atom. The van der Waals surface area contributed by atoms with Crippen molar-refractivity contribution in [2.75, 3.05) is 6.54 Å². The highest BCUT2D eigenvalue weighted by molar-refractivity contribution is 5.92. The average molecular weight is 324 g/mol. The van der Waals surface area contributed by atoms with Crippen molar-refractivity contribution in [3.63, 3.8) is 0 Å². The Kier molecular flexibility index (Phi) is 4.79. The molecule has 0 aliphatic rings. The molecule has 2 aromatic rings. The van der Waals surface area contributed by atoms with Crippen LogP contribution < -0.4 is 5.32 Å². The molecule has 7 heteroatoms. The second-order valence-electron chi connectivity index (χ2n) is 6.19. The van der Waals surface area contributed by atoms with Gasteiger partial charge in [-0.15, -0.1) is 0 Å². The quantitative estimate of drug-likeness (QED) is 0.907. The monoisotopic (exact) mass is 324 g/mol. The summed E-state index contributed by atoms with van der Waals surface area (Å²) in [6.45, 7) is 5.36. The molecule has 0 aliphatic carbocycles. The summed E-state index contributed by atoms with van der Waals surface area (Å²) in [5.41, 5.74) is -0.749. The minimum atomic E-state index is -1.51. The molecule has 1 heterocycles. The first kappa shape index (κ1) is 17.1. The van der Waals surface area contributed by atoms with Crippen LogP contribution in [0.25, 0.3) is 0 Å². The number of hydrogen-bond acceptors (Lipinski definition) is 4. The van der Waals surface area contributed by atoms with Gasteiger partial charge in [-0.05, 0) is 12.1 Å². The summed E-state index contributed by atoms with van der Waals surface area (Å²) < 4.78 is 32.2. The Morgan fingerprint density at radius 2 is 1.96 bits per heavy atom. The minimum Gasteiger partial charge on any atom is -0.386 e. The van der Waals surface area contributed by atoms with E-state index in [1.165, 1.54) is 12.1 Å². The topological polar surface area (TPSA) is 75.4 Å². The number of benzene rings is 1. The van der Waals surface area contributed by atoms with Crippen LogP contribution in [-0.2, 0) is 5.41 Å². The van der Waals surface area contributed by atoms with Crippen molar-refractivity contribution in [3.05, 3.63) is 52.9 Å². The van der Waals surface area contributed by atoms with Crippen LogP contribution in [0.4, 0.5) is 8.78 Å². The molecule has 0 bridgehead atoms. The number of nitrogens with one attached hydrogen (secondary N) is 1. The molecule has 2 rings (SSSR count). The molecule has 2 N–H and O–H groups in total. The molecule has 1 aromatic carbocycles. The van der Waals surface area contributed by atoms with Gasteiger partial charge >= 0.3 is 0 Å². The Hall–Kier alpha value is -2.28. The molecular weight excluding hydrogens is 306 g/mol. The van der Waals surface area contributed by atoms with Crippen LogP contribution in [0.15, 0.2) is 28.8 Å². The van der Waals surface area contributed by atoms with E-state index in [9.17, 15) is 18.7 Å². The zero-order valence-corrected chi connectivity index (χ0v) is 13.1. The molecule has 23 heavy (non-hydrogen) atoms. The van der Waals surface area contributed by atoms with Crippen LogP contribution in [-0.4, -0.2) is 22.7 Å². The normalized spacial score (nSPS) is 13.0. The molecule has 0 fully saturated rings. The van der Waals surface area contributed by atoms with Crippen LogP contribution in [0.5, 0.6) is 0 Å². The zero-order valence-electron chi connectivity index (χ0n) is 13.1. The third kappa shape index (κ3) is 3.92. The van der Waals surface area contributed by atoms with Gasteiger partial charge in [-0.3, -0.25) is 4.79 Å². The average Bonchev–Trinajstić information content (AvgIpc) is 2.94. The highest BCUT2D eigenvalue weighted by atomic mass is 19.1. The van der Waals surface area contributed by atoms with Crippen molar-refractivity contribution < 1.29 is 23.2 Å². The fourth-order valence-electron chi connectivity index (χ4n) is 1.95. The maximum Gasteiger partial charge on any atom is 0.273 e. The molecule has 0 saturated carbocycles. The number of nitrogens with zero attached hydrogens (tertiary/aromatic N) is 1. The maximum absolute atomic E-state index is 13.5. The molecule has 0 spiro atoms. The number of amides is 1. The van der Waals surface area contributed by atoms with Gasteiger partial charge in [0, 0.05) is 18.0 Å². The highest BCUT2D eigenvalue weighted by Crippen LogP contribution is 2.23. The van der Waals surface area contributed by atoms with Crippen LogP contribution in [0.2, 0.25) is 0 Å². The summed E-state index contributed by atoms with van der Waals surface area (Å²) in [4.78, 5) is 12.0. The summed E-state index contributed by atoms with van der Waals surface area (Å²) in [5.74, 6) is -1.81. The van der Waals surface area contributed by atoms with Gasteiger partial charge in [-0.25, -0.2) is 8.78 Å². The third-order valence-electron chi connectivity index (χ3n) is 3.27. The van der Waals surface area contributed by atoms with Crippen LogP contribution in [0, 0.1) is 11.6 Å². The standard InChI is InChI=1S/C16H18F2N2O3/c1-16(2,3)13-7-11(20-23-13)15(22)19-8-12(21)14-9(17)5-4-6-10(14)18/h4-7,12,21H,8H2,1-3H3,(H,19,22). The second kappa shape index (κ2) is 6.45. The van der Waals surface area contributed by atoms with E-state index in [1.807, 2.05) is 20.8 Å². The maximum atomic E-state index is 13.5. The molecule has 124 valence electrons. The van der Waals surface area contributed by atoms with E-state index >= 15 is 0 Å². The molecule has 5 nitrogen and oxygen atoms in total. The van der Waals surface area contributed by atoms with Crippen molar-refractivity contribution in [2.24, 2.45) is 0 Å². The molecule has 1 amide bonds. The van der Waals surface area contributed by atoms with E-state index < -0.39 is 29.2 Å². The summed E-state index contributed by atoms with van der Waals surface area (Å²) in [6.07, 6.45) is -1.51. The number of carbonyl (C=O) groups excluding carboxylic acids is 1. The first-order valence-electron chi connectivity index (χ1n) is 7.07. The fourth-order valence-corrected chi connectivity index (χ4v) is 1.95. The minimum absolute atomic E-state index is 0.0381. The molecule has 0 aliphatic heterocycles. The number of hydrogen-bond donors (Lipinski definition) is 2. The highest BCUT2D eigenvalue weighted by Gasteiger charge is 2.23. The summed E-state index contributed by atoms with van der Waals surface area (Å²) in [7, 11) is 0. The van der Waals surface area contributed by atoms with Gasteiger partial charge in [0.2, 0.25) is 0 Å². The number of aliphatic hydroxyl groups is 1. The van der Waals surface area contributed by atoms with E-state index in [2.05, 4.69) is 10.5 Å². The number of aliphatic hydroxyl groups excluding tert-OH is 1. The van der Waals surface area contributed by atoms with Gasteiger partial charge in [-0.2, -0.15) is 0 Å². The first-order chi connectivity index (χ1) is 10.7. The van der Waals surface area contributed by atoms with Gasteiger partial charge in [0.05, 0.1) is 5.56 Å². The second-order valence-corrected chi connectivity index (χ2v) is 6.19. The van der Waals surface area contributed by atoms with Crippen LogP contribution in [0.1, 0.15) is 48.7 Å². The fraction of sp³-hybridized carbons (Fsp3) is 0.375. The van der Waals surface area contributed by atoms with Crippen molar-refractivity contribution >= 4 is 5.91 Å².